The summed E-state index contributed by atoms with van der Waals surface area (Å²) in [5, 5.41) is 4.37. The monoisotopic (exact) mass is 305 g/mol. The van der Waals surface area contributed by atoms with Crippen molar-refractivity contribution in [2.24, 2.45) is 0 Å². The number of hydrogen-bond donors (Lipinski definition) is 0. The maximum Gasteiger partial charge on any atom is 0.417 e. The van der Waals surface area contributed by atoms with Crippen molar-refractivity contribution in [3.63, 3.8) is 0 Å². The second-order valence-electron chi connectivity index (χ2n) is 5.09. The SMILES string of the molecule is CCc1cnc2c(C)cc(-c3ccccc3C(F)(F)F)nn12. The second-order valence-corrected chi connectivity index (χ2v) is 5.09. The van der Waals surface area contributed by atoms with Crippen LogP contribution in [0, 0.1) is 6.92 Å². The molecule has 6 heteroatoms. The topological polar surface area (TPSA) is 30.2 Å². The van der Waals surface area contributed by atoms with E-state index in [1.54, 1.807) is 22.8 Å². The molecule has 0 aliphatic rings. The van der Waals surface area contributed by atoms with E-state index in [1.807, 2.05) is 13.8 Å². The Morgan fingerprint density at radius 2 is 1.91 bits per heavy atom. The first-order valence-electron chi connectivity index (χ1n) is 6.92. The van der Waals surface area contributed by atoms with E-state index in [-0.39, 0.29) is 5.56 Å². The van der Waals surface area contributed by atoms with Gasteiger partial charge in [-0.3, -0.25) is 0 Å². The smallest absolute Gasteiger partial charge is 0.235 e. The van der Waals surface area contributed by atoms with Crippen LogP contribution in [0.25, 0.3) is 16.9 Å². The summed E-state index contributed by atoms with van der Waals surface area (Å²) < 4.78 is 41.2. The zero-order chi connectivity index (χ0) is 15.9. The predicted molar refractivity (Wildman–Crippen MR) is 77.5 cm³/mol. The quantitative estimate of drug-likeness (QED) is 0.707. The summed E-state index contributed by atoms with van der Waals surface area (Å²) in [6.07, 6.45) is -2.00. The number of alkyl halides is 3. The molecule has 0 amide bonds. The number of aromatic nitrogens is 3. The van der Waals surface area contributed by atoms with Gasteiger partial charge in [-0.15, -0.1) is 0 Å². The van der Waals surface area contributed by atoms with Gasteiger partial charge in [-0.2, -0.15) is 18.3 Å². The van der Waals surface area contributed by atoms with Crippen LogP contribution in [0.2, 0.25) is 0 Å². The lowest BCUT2D eigenvalue weighted by Gasteiger charge is -2.13. The van der Waals surface area contributed by atoms with Crippen LogP contribution in [-0.2, 0) is 12.6 Å². The van der Waals surface area contributed by atoms with Crippen LogP contribution in [0.15, 0.2) is 36.5 Å². The van der Waals surface area contributed by atoms with E-state index < -0.39 is 11.7 Å². The molecular formula is C16H14F3N3. The molecule has 1 aromatic carbocycles. The van der Waals surface area contributed by atoms with Gasteiger partial charge in [0.15, 0.2) is 5.65 Å². The van der Waals surface area contributed by atoms with Crippen LogP contribution in [0.1, 0.15) is 23.7 Å². The van der Waals surface area contributed by atoms with Crippen molar-refractivity contribution in [2.45, 2.75) is 26.4 Å². The molecule has 3 aromatic rings. The highest BCUT2D eigenvalue weighted by atomic mass is 19.4. The zero-order valence-electron chi connectivity index (χ0n) is 12.1. The number of hydrogen-bond acceptors (Lipinski definition) is 2. The first-order valence-corrected chi connectivity index (χ1v) is 6.92. The van der Waals surface area contributed by atoms with E-state index in [4.69, 9.17) is 0 Å². The number of halogens is 3. The van der Waals surface area contributed by atoms with Gasteiger partial charge in [0.05, 0.1) is 23.1 Å². The number of rotatable bonds is 2. The van der Waals surface area contributed by atoms with E-state index in [2.05, 4.69) is 10.1 Å². The van der Waals surface area contributed by atoms with Gasteiger partial charge in [0, 0.05) is 5.56 Å². The van der Waals surface area contributed by atoms with Gasteiger partial charge >= 0.3 is 6.18 Å². The van der Waals surface area contributed by atoms with Gasteiger partial charge < -0.3 is 0 Å². The minimum absolute atomic E-state index is 0.0794. The standard InChI is InChI=1S/C16H14F3N3/c1-3-11-9-20-15-10(2)8-14(21-22(11)15)12-6-4-5-7-13(12)16(17,18)19/h4-9H,3H2,1-2H3. The van der Waals surface area contributed by atoms with Crippen molar-refractivity contribution in [2.75, 3.05) is 0 Å². The lowest BCUT2D eigenvalue weighted by molar-refractivity contribution is -0.137. The molecule has 0 saturated heterocycles. The molecular weight excluding hydrogens is 291 g/mol. The van der Waals surface area contributed by atoms with Gasteiger partial charge in [-0.05, 0) is 31.0 Å². The normalized spacial score (nSPS) is 12.0. The highest BCUT2D eigenvalue weighted by molar-refractivity contribution is 5.67. The Morgan fingerprint density at radius 1 is 1.18 bits per heavy atom. The first-order chi connectivity index (χ1) is 10.4. The van der Waals surface area contributed by atoms with Gasteiger partial charge in [-0.1, -0.05) is 25.1 Å². The summed E-state index contributed by atoms with van der Waals surface area (Å²) in [6.45, 7) is 3.78. The Labute approximate surface area is 125 Å². The summed E-state index contributed by atoms with van der Waals surface area (Å²) in [5.41, 5.74) is 2.02. The average Bonchev–Trinajstić information content (AvgIpc) is 2.90. The van der Waals surface area contributed by atoms with E-state index in [9.17, 15) is 13.2 Å². The third-order valence-corrected chi connectivity index (χ3v) is 3.59. The van der Waals surface area contributed by atoms with E-state index >= 15 is 0 Å². The molecule has 22 heavy (non-hydrogen) atoms. The average molecular weight is 305 g/mol. The van der Waals surface area contributed by atoms with Crippen molar-refractivity contribution < 1.29 is 13.2 Å². The number of fused-ring (bicyclic) bond motifs is 1. The third-order valence-electron chi connectivity index (χ3n) is 3.59. The molecule has 0 bridgehead atoms. The van der Waals surface area contributed by atoms with Crippen LogP contribution < -0.4 is 0 Å². The summed E-state index contributed by atoms with van der Waals surface area (Å²) in [7, 11) is 0. The van der Waals surface area contributed by atoms with Crippen LogP contribution in [0.4, 0.5) is 13.2 Å². The molecule has 0 saturated carbocycles. The molecule has 0 unspecified atom stereocenters. The molecule has 3 rings (SSSR count). The van der Waals surface area contributed by atoms with E-state index in [0.717, 1.165) is 17.3 Å². The maximum absolute atomic E-state index is 13.2. The first kappa shape index (κ1) is 14.6. The van der Waals surface area contributed by atoms with E-state index in [1.165, 1.54) is 12.1 Å². The minimum Gasteiger partial charge on any atom is -0.235 e. The minimum atomic E-state index is -4.41. The number of imidazole rings is 1. The Hall–Kier alpha value is -2.37. The van der Waals surface area contributed by atoms with Crippen molar-refractivity contribution in [1.82, 2.24) is 14.6 Å². The van der Waals surface area contributed by atoms with Gasteiger partial charge in [0.2, 0.25) is 0 Å². The zero-order valence-corrected chi connectivity index (χ0v) is 12.1. The fourth-order valence-electron chi connectivity index (χ4n) is 2.49. The molecule has 0 spiro atoms. The third kappa shape index (κ3) is 2.34. The second kappa shape index (κ2) is 5.12. The van der Waals surface area contributed by atoms with Crippen molar-refractivity contribution in [3.8, 4) is 11.3 Å². The lowest BCUT2D eigenvalue weighted by Crippen LogP contribution is -2.08. The summed E-state index contributed by atoms with van der Waals surface area (Å²) >= 11 is 0. The van der Waals surface area contributed by atoms with E-state index in [0.29, 0.717) is 17.8 Å². The number of nitrogens with zero attached hydrogens (tertiary/aromatic N) is 3. The molecule has 0 fully saturated rings. The summed E-state index contributed by atoms with van der Waals surface area (Å²) in [4.78, 5) is 4.27. The number of benzene rings is 1. The summed E-state index contributed by atoms with van der Waals surface area (Å²) in [6, 6.07) is 7.13. The molecule has 0 aliphatic carbocycles. The molecule has 2 heterocycles. The molecule has 3 nitrogen and oxygen atoms in total. The van der Waals surface area contributed by atoms with Gasteiger partial charge in [-0.25, -0.2) is 9.50 Å². The highest BCUT2D eigenvalue weighted by Gasteiger charge is 2.33. The van der Waals surface area contributed by atoms with Gasteiger partial charge in [0.1, 0.15) is 0 Å². The van der Waals surface area contributed by atoms with Crippen molar-refractivity contribution >= 4 is 5.65 Å². The molecule has 0 aliphatic heterocycles. The van der Waals surface area contributed by atoms with Crippen molar-refractivity contribution in [3.05, 3.63) is 53.3 Å². The Balaban J connectivity index is 2.27. The highest BCUT2D eigenvalue weighted by Crippen LogP contribution is 2.36. The molecule has 114 valence electrons. The van der Waals surface area contributed by atoms with Gasteiger partial charge in [0.25, 0.3) is 0 Å². The Morgan fingerprint density at radius 3 is 2.59 bits per heavy atom. The largest absolute Gasteiger partial charge is 0.417 e. The Bertz CT molecular complexity index is 834. The molecule has 2 aromatic heterocycles. The van der Waals surface area contributed by atoms with Crippen LogP contribution in [0.3, 0.4) is 0 Å². The van der Waals surface area contributed by atoms with Crippen molar-refractivity contribution in [1.29, 1.82) is 0 Å². The maximum atomic E-state index is 13.2. The number of aryl methyl sites for hydroxylation is 2. The Kier molecular flexibility index (Phi) is 3.39. The van der Waals surface area contributed by atoms with Crippen LogP contribution >= 0.6 is 0 Å². The predicted octanol–water partition coefficient (Wildman–Crippen LogP) is 4.29. The van der Waals surface area contributed by atoms with Crippen LogP contribution in [-0.4, -0.2) is 14.6 Å². The molecule has 0 atom stereocenters. The summed E-state index contributed by atoms with van der Waals surface area (Å²) in [5.74, 6) is 0. The fourth-order valence-corrected chi connectivity index (χ4v) is 2.49. The molecule has 0 radical (unpaired) electrons. The molecule has 0 N–H and O–H groups in total. The fraction of sp³-hybridized carbons (Fsp3) is 0.250. The lowest BCUT2D eigenvalue weighted by atomic mass is 10.0. The van der Waals surface area contributed by atoms with Crippen LogP contribution in [0.5, 0.6) is 0 Å².